The molecule has 0 aromatic heterocycles. The predicted molar refractivity (Wildman–Crippen MR) is 110 cm³/mol. The summed E-state index contributed by atoms with van der Waals surface area (Å²) in [6.07, 6.45) is 0. The van der Waals surface area contributed by atoms with E-state index in [-0.39, 0.29) is 16.6 Å². The van der Waals surface area contributed by atoms with Gasteiger partial charge in [-0.3, -0.25) is 14.9 Å². The van der Waals surface area contributed by atoms with Crippen LogP contribution in [0.1, 0.15) is 20.7 Å². The predicted octanol–water partition coefficient (Wildman–Crippen LogP) is 3.83. The van der Waals surface area contributed by atoms with Gasteiger partial charge in [0.2, 0.25) is 0 Å². The van der Waals surface area contributed by atoms with E-state index < -0.39 is 5.91 Å². The first-order valence-electron chi connectivity index (χ1n) is 7.66. The van der Waals surface area contributed by atoms with Crippen molar-refractivity contribution in [3.05, 3.63) is 76.3 Å². The third-order valence-electron chi connectivity index (χ3n) is 3.78. The first-order chi connectivity index (χ1) is 12.5. The quantitative estimate of drug-likeness (QED) is 0.554. The van der Waals surface area contributed by atoms with Crippen LogP contribution in [0.5, 0.6) is 0 Å². The van der Waals surface area contributed by atoms with E-state index >= 15 is 0 Å². The van der Waals surface area contributed by atoms with Crippen molar-refractivity contribution in [1.29, 1.82) is 0 Å². The van der Waals surface area contributed by atoms with Gasteiger partial charge in [0.25, 0.3) is 11.8 Å². The van der Waals surface area contributed by atoms with Crippen molar-refractivity contribution in [2.75, 3.05) is 5.32 Å². The second-order valence-electron chi connectivity index (χ2n) is 5.46. The molecule has 0 radical (unpaired) electrons. The maximum absolute atomic E-state index is 12.6. The van der Waals surface area contributed by atoms with Gasteiger partial charge in [-0.25, -0.2) is 0 Å². The molecule has 4 N–H and O–H groups in total. The number of hydrogen-bond acceptors (Lipinski definition) is 3. The molecule has 130 valence electrons. The fourth-order valence-corrected chi connectivity index (χ4v) is 3.30. The standard InChI is InChI=1S/C19H14BrN3O2S/c20-15-9-4-6-11-12(15)7-3-8-13(11)18(25)23-19(26)22-16-10-2-1-5-14(16)17(21)24/h1-10H,(H2,21,24)(H2,22,23,25,26). The number of anilines is 1. The summed E-state index contributed by atoms with van der Waals surface area (Å²) in [6, 6.07) is 17.8. The summed E-state index contributed by atoms with van der Waals surface area (Å²) in [5, 5.41) is 7.29. The molecule has 26 heavy (non-hydrogen) atoms. The molecule has 0 aliphatic heterocycles. The SMILES string of the molecule is NC(=O)c1ccccc1NC(=S)NC(=O)c1cccc2c(Br)cccc12. The molecule has 0 aliphatic carbocycles. The molecule has 0 saturated heterocycles. The number of rotatable bonds is 3. The van der Waals surface area contributed by atoms with E-state index in [1.807, 2.05) is 24.3 Å². The van der Waals surface area contributed by atoms with Crippen molar-refractivity contribution in [1.82, 2.24) is 5.32 Å². The summed E-state index contributed by atoms with van der Waals surface area (Å²) in [6.45, 7) is 0. The zero-order chi connectivity index (χ0) is 18.7. The summed E-state index contributed by atoms with van der Waals surface area (Å²) >= 11 is 8.69. The fourth-order valence-electron chi connectivity index (χ4n) is 2.60. The van der Waals surface area contributed by atoms with Crippen LogP contribution in [0.4, 0.5) is 5.69 Å². The zero-order valence-corrected chi connectivity index (χ0v) is 15.9. The van der Waals surface area contributed by atoms with Gasteiger partial charge in [0.1, 0.15) is 0 Å². The van der Waals surface area contributed by atoms with Crippen molar-refractivity contribution in [3.63, 3.8) is 0 Å². The highest BCUT2D eigenvalue weighted by Gasteiger charge is 2.14. The smallest absolute Gasteiger partial charge is 0.258 e. The van der Waals surface area contributed by atoms with Crippen molar-refractivity contribution in [2.45, 2.75) is 0 Å². The zero-order valence-electron chi connectivity index (χ0n) is 13.5. The van der Waals surface area contributed by atoms with Gasteiger partial charge in [-0.05, 0) is 47.3 Å². The van der Waals surface area contributed by atoms with Crippen molar-refractivity contribution < 1.29 is 9.59 Å². The Hall–Kier alpha value is -2.77. The van der Waals surface area contributed by atoms with E-state index in [0.29, 0.717) is 11.3 Å². The lowest BCUT2D eigenvalue weighted by Crippen LogP contribution is -2.34. The molecule has 0 atom stereocenters. The largest absolute Gasteiger partial charge is 0.366 e. The number of para-hydroxylation sites is 1. The van der Waals surface area contributed by atoms with Gasteiger partial charge >= 0.3 is 0 Å². The van der Waals surface area contributed by atoms with E-state index in [2.05, 4.69) is 26.6 Å². The normalized spacial score (nSPS) is 10.3. The highest BCUT2D eigenvalue weighted by Crippen LogP contribution is 2.26. The average molecular weight is 428 g/mol. The minimum atomic E-state index is -0.582. The van der Waals surface area contributed by atoms with Crippen LogP contribution in [-0.2, 0) is 0 Å². The van der Waals surface area contributed by atoms with Crippen molar-refractivity contribution >= 4 is 61.5 Å². The molecule has 7 heteroatoms. The van der Waals surface area contributed by atoms with Crippen LogP contribution in [0.25, 0.3) is 10.8 Å². The van der Waals surface area contributed by atoms with E-state index in [1.165, 1.54) is 0 Å². The van der Waals surface area contributed by atoms with Gasteiger partial charge in [0.05, 0.1) is 11.3 Å². The van der Waals surface area contributed by atoms with Crippen LogP contribution in [0, 0.1) is 0 Å². The van der Waals surface area contributed by atoms with Crippen molar-refractivity contribution in [2.24, 2.45) is 5.73 Å². The average Bonchev–Trinajstić information content (AvgIpc) is 2.61. The third-order valence-corrected chi connectivity index (χ3v) is 4.68. The first-order valence-corrected chi connectivity index (χ1v) is 8.86. The lowest BCUT2D eigenvalue weighted by molar-refractivity contribution is 0.0977. The summed E-state index contributed by atoms with van der Waals surface area (Å²) in [5.41, 5.74) is 6.57. The van der Waals surface area contributed by atoms with Crippen LogP contribution in [0.2, 0.25) is 0 Å². The molecule has 0 saturated carbocycles. The monoisotopic (exact) mass is 427 g/mol. The minimum absolute atomic E-state index is 0.0794. The second-order valence-corrected chi connectivity index (χ2v) is 6.72. The number of nitrogens with one attached hydrogen (secondary N) is 2. The van der Waals surface area contributed by atoms with E-state index in [1.54, 1.807) is 36.4 Å². The van der Waals surface area contributed by atoms with Crippen LogP contribution < -0.4 is 16.4 Å². The molecule has 3 aromatic carbocycles. The van der Waals surface area contributed by atoms with E-state index in [9.17, 15) is 9.59 Å². The lowest BCUT2D eigenvalue weighted by atomic mass is 10.0. The van der Waals surface area contributed by atoms with Crippen LogP contribution >= 0.6 is 28.1 Å². The highest BCUT2D eigenvalue weighted by atomic mass is 79.9. The topological polar surface area (TPSA) is 84.2 Å². The van der Waals surface area contributed by atoms with Gasteiger partial charge in [-0.2, -0.15) is 0 Å². The number of benzene rings is 3. The molecular weight excluding hydrogens is 414 g/mol. The van der Waals surface area contributed by atoms with Gasteiger partial charge in [-0.1, -0.05) is 52.3 Å². The Labute approximate surface area is 163 Å². The number of carbonyl (C=O) groups excluding carboxylic acids is 2. The number of fused-ring (bicyclic) bond motifs is 1. The summed E-state index contributed by atoms with van der Waals surface area (Å²) < 4.78 is 0.903. The van der Waals surface area contributed by atoms with E-state index in [0.717, 1.165) is 15.2 Å². The number of carbonyl (C=O) groups is 2. The molecule has 0 heterocycles. The number of hydrogen-bond donors (Lipinski definition) is 3. The molecule has 3 aromatic rings. The Morgan fingerprint density at radius 2 is 1.54 bits per heavy atom. The molecule has 2 amide bonds. The number of thiocarbonyl (C=S) groups is 1. The summed E-state index contributed by atoms with van der Waals surface area (Å²) in [5.74, 6) is -0.927. The number of halogens is 1. The maximum Gasteiger partial charge on any atom is 0.258 e. The van der Waals surface area contributed by atoms with Gasteiger partial charge in [0.15, 0.2) is 5.11 Å². The molecule has 0 aliphatic rings. The molecule has 0 fully saturated rings. The molecule has 3 rings (SSSR count). The van der Waals surface area contributed by atoms with Gasteiger partial charge in [-0.15, -0.1) is 0 Å². The maximum atomic E-state index is 12.6. The fraction of sp³-hybridized carbons (Fsp3) is 0. The Morgan fingerprint density at radius 3 is 2.31 bits per heavy atom. The number of primary amides is 1. The third kappa shape index (κ3) is 3.74. The van der Waals surface area contributed by atoms with Crippen LogP contribution in [0.3, 0.4) is 0 Å². The molecule has 0 bridgehead atoms. The molecular formula is C19H14BrN3O2S. The van der Waals surface area contributed by atoms with Gasteiger partial charge in [0, 0.05) is 10.0 Å². The summed E-state index contributed by atoms with van der Waals surface area (Å²) in [4.78, 5) is 24.1. The first kappa shape index (κ1) is 18.0. The molecule has 0 unspecified atom stereocenters. The van der Waals surface area contributed by atoms with Crippen molar-refractivity contribution in [3.8, 4) is 0 Å². The van der Waals surface area contributed by atoms with Gasteiger partial charge < -0.3 is 11.1 Å². The highest BCUT2D eigenvalue weighted by molar-refractivity contribution is 9.10. The van der Waals surface area contributed by atoms with Crippen LogP contribution in [-0.4, -0.2) is 16.9 Å². The Morgan fingerprint density at radius 1 is 0.885 bits per heavy atom. The van der Waals surface area contributed by atoms with Crippen LogP contribution in [0.15, 0.2) is 65.1 Å². The Bertz CT molecular complexity index is 1040. The second kappa shape index (κ2) is 7.63. The molecule has 0 spiro atoms. The minimum Gasteiger partial charge on any atom is -0.366 e. The summed E-state index contributed by atoms with van der Waals surface area (Å²) in [7, 11) is 0. The van der Waals surface area contributed by atoms with E-state index in [4.69, 9.17) is 18.0 Å². The number of amides is 2. The number of nitrogens with two attached hydrogens (primary N) is 1. The molecule has 5 nitrogen and oxygen atoms in total. The Balaban J connectivity index is 1.82. The Kier molecular flexibility index (Phi) is 5.29. The lowest BCUT2D eigenvalue weighted by Gasteiger charge is -2.13.